The van der Waals surface area contributed by atoms with Crippen LogP contribution in [-0.2, 0) is 20.2 Å². The molecule has 1 rings (SSSR count). The van der Waals surface area contributed by atoms with Crippen molar-refractivity contribution in [1.29, 1.82) is 0 Å². The fourth-order valence-electron chi connectivity index (χ4n) is 0.623. The second kappa shape index (κ2) is 9.93. The maximum atomic E-state index is 10.6. The number of primary amides is 1. The summed E-state index contributed by atoms with van der Waals surface area (Å²) >= 11 is 0. The molecule has 1 aromatic rings. The molecule has 0 aliphatic heterocycles. The third kappa shape index (κ3) is 32.0. The van der Waals surface area contributed by atoms with Gasteiger partial charge in [0.1, 0.15) is 0 Å². The number of hydrogen-bond acceptors (Lipinski definition) is 5. The molecule has 0 saturated heterocycles. The van der Waals surface area contributed by atoms with Crippen LogP contribution >= 0.6 is 0 Å². The molecule has 0 aliphatic carbocycles. The number of nitrogens with zero attached hydrogens (tertiary/aromatic N) is 1. The maximum Gasteiger partial charge on any atom is 0.337 e. The van der Waals surface area contributed by atoms with Crippen LogP contribution in [0.2, 0.25) is 0 Å². The standard InChI is InChI=1S/C7H9N3O.2CH4O3S/c8-7(11)10-6-4-2-1-3-5-9-10;2*1-5(2,3)4/h1-6,9H,(H2,8,11);2*1H3,(H,2,3,4). The Balaban J connectivity index is 0. The van der Waals surface area contributed by atoms with E-state index in [1.165, 1.54) is 4.68 Å². The summed E-state index contributed by atoms with van der Waals surface area (Å²) in [4.78, 5) is 10.6. The molecule has 1 heterocycles. The molecule has 122 valence electrons. The number of aromatic amines is 1. The quantitative estimate of drug-likeness (QED) is 0.475. The Labute approximate surface area is 122 Å². The second-order valence-electron chi connectivity index (χ2n) is 3.39. The van der Waals surface area contributed by atoms with E-state index in [1.807, 2.05) is 6.07 Å². The molecule has 0 unspecified atom stereocenters. The summed E-state index contributed by atoms with van der Waals surface area (Å²) in [5.41, 5.74) is 5.00. The summed E-state index contributed by atoms with van der Waals surface area (Å²) < 4.78 is 52.9. The Morgan fingerprint density at radius 1 is 1.00 bits per heavy atom. The van der Waals surface area contributed by atoms with Gasteiger partial charge in [0.2, 0.25) is 0 Å². The first-order valence-electron chi connectivity index (χ1n) is 5.00. The number of amides is 1. The van der Waals surface area contributed by atoms with Gasteiger partial charge in [-0.25, -0.2) is 9.48 Å². The highest BCUT2D eigenvalue weighted by Gasteiger charge is 1.87. The van der Waals surface area contributed by atoms with Crippen molar-refractivity contribution in [2.75, 3.05) is 12.5 Å². The molecule has 0 aliphatic rings. The minimum absolute atomic E-state index is 0.541. The van der Waals surface area contributed by atoms with Crippen LogP contribution in [0, 0.1) is 0 Å². The predicted octanol–water partition coefficient (Wildman–Crippen LogP) is -0.125. The summed E-state index contributed by atoms with van der Waals surface area (Å²) in [5, 5.41) is 2.66. The normalized spacial score (nSPS) is 10.1. The van der Waals surface area contributed by atoms with Crippen LogP contribution in [0.3, 0.4) is 0 Å². The van der Waals surface area contributed by atoms with Gasteiger partial charge in [-0.05, 0) is 12.1 Å². The first-order valence-corrected chi connectivity index (χ1v) is 8.70. The second-order valence-corrected chi connectivity index (χ2v) is 6.32. The average Bonchev–Trinajstić information content (AvgIpc) is 2.09. The topological polar surface area (TPSA) is 173 Å². The van der Waals surface area contributed by atoms with E-state index < -0.39 is 26.3 Å². The van der Waals surface area contributed by atoms with Crippen LogP contribution in [0.4, 0.5) is 4.79 Å². The largest absolute Gasteiger partial charge is 0.350 e. The van der Waals surface area contributed by atoms with E-state index in [-0.39, 0.29) is 0 Å². The molecular formula is C9H17N3O7S2. The molecule has 1 aromatic heterocycles. The van der Waals surface area contributed by atoms with E-state index in [1.54, 1.807) is 30.6 Å². The van der Waals surface area contributed by atoms with Crippen LogP contribution < -0.4 is 5.73 Å². The molecule has 10 nitrogen and oxygen atoms in total. The van der Waals surface area contributed by atoms with Gasteiger partial charge in [-0.3, -0.25) is 14.2 Å². The number of carbonyl (C=O) groups excluding carboxylic acids is 1. The zero-order chi connectivity index (χ0) is 17.1. The van der Waals surface area contributed by atoms with Crippen LogP contribution in [0.1, 0.15) is 0 Å². The predicted molar refractivity (Wildman–Crippen MR) is 76.3 cm³/mol. The number of rotatable bonds is 0. The van der Waals surface area contributed by atoms with E-state index >= 15 is 0 Å². The molecule has 0 saturated carbocycles. The molecule has 1 amide bonds. The molecule has 12 heteroatoms. The fourth-order valence-corrected chi connectivity index (χ4v) is 0.623. The lowest BCUT2D eigenvalue weighted by atomic mass is 10.5. The Bertz CT molecular complexity index is 606. The summed E-state index contributed by atoms with van der Waals surface area (Å²) in [7, 11) is -7.33. The Hall–Kier alpha value is -1.89. The Kier molecular flexibility index (Phi) is 10.1. The summed E-state index contributed by atoms with van der Waals surface area (Å²) in [6, 6.07) is 6.57. The van der Waals surface area contributed by atoms with Crippen LogP contribution in [0.25, 0.3) is 0 Å². The van der Waals surface area contributed by atoms with Gasteiger partial charge in [0.15, 0.2) is 0 Å². The van der Waals surface area contributed by atoms with Gasteiger partial charge in [-0.1, -0.05) is 12.1 Å². The lowest BCUT2D eigenvalue weighted by Crippen LogP contribution is -2.20. The maximum absolute atomic E-state index is 10.6. The van der Waals surface area contributed by atoms with E-state index in [2.05, 4.69) is 5.10 Å². The zero-order valence-electron chi connectivity index (χ0n) is 11.2. The van der Waals surface area contributed by atoms with Crippen LogP contribution in [-0.4, -0.2) is 54.3 Å². The van der Waals surface area contributed by atoms with Crippen molar-refractivity contribution in [1.82, 2.24) is 9.78 Å². The fraction of sp³-hybridized carbons (Fsp3) is 0.222. The molecule has 0 aromatic carbocycles. The SMILES string of the molecule is CS(=O)(=O)O.CS(=O)(=O)O.NC(=O)n1cccccc[nH]1. The van der Waals surface area contributed by atoms with Crippen LogP contribution in [0.5, 0.6) is 0 Å². The Morgan fingerprint density at radius 3 is 1.76 bits per heavy atom. The van der Waals surface area contributed by atoms with Crippen molar-refractivity contribution >= 4 is 26.3 Å². The molecule has 0 radical (unpaired) electrons. The highest BCUT2D eigenvalue weighted by molar-refractivity contribution is 7.85. The van der Waals surface area contributed by atoms with Gasteiger partial charge in [-0.2, -0.15) is 16.8 Å². The minimum Gasteiger partial charge on any atom is -0.350 e. The van der Waals surface area contributed by atoms with E-state index in [0.29, 0.717) is 12.5 Å². The summed E-state index contributed by atoms with van der Waals surface area (Å²) in [6.07, 6.45) is 4.59. The molecule has 0 bridgehead atoms. The molecule has 0 spiro atoms. The average molecular weight is 343 g/mol. The molecular weight excluding hydrogens is 326 g/mol. The number of nitrogens with two attached hydrogens (primary N) is 1. The number of hydrogen-bond donors (Lipinski definition) is 4. The van der Waals surface area contributed by atoms with Crippen molar-refractivity contribution in [2.45, 2.75) is 0 Å². The monoisotopic (exact) mass is 343 g/mol. The lowest BCUT2D eigenvalue weighted by Gasteiger charge is -1.95. The van der Waals surface area contributed by atoms with E-state index in [4.69, 9.17) is 14.8 Å². The van der Waals surface area contributed by atoms with Crippen molar-refractivity contribution in [2.24, 2.45) is 5.73 Å². The van der Waals surface area contributed by atoms with Crippen molar-refractivity contribution in [3.05, 3.63) is 36.7 Å². The van der Waals surface area contributed by atoms with E-state index in [0.717, 1.165) is 0 Å². The number of nitrogens with one attached hydrogen (secondary N) is 1. The van der Waals surface area contributed by atoms with Gasteiger partial charge in [-0.15, -0.1) is 0 Å². The first-order chi connectivity index (χ1) is 9.30. The van der Waals surface area contributed by atoms with Crippen molar-refractivity contribution < 1.29 is 30.7 Å². The molecule has 0 fully saturated rings. The Morgan fingerprint density at radius 2 is 1.38 bits per heavy atom. The lowest BCUT2D eigenvalue weighted by molar-refractivity contribution is 0.247. The smallest absolute Gasteiger partial charge is 0.337 e. The van der Waals surface area contributed by atoms with Gasteiger partial charge in [0, 0.05) is 12.4 Å². The van der Waals surface area contributed by atoms with Gasteiger partial charge in [0.05, 0.1) is 12.5 Å². The molecule has 0 atom stereocenters. The summed E-state index contributed by atoms with van der Waals surface area (Å²) in [6.45, 7) is 0. The number of carbonyl (C=O) groups is 1. The van der Waals surface area contributed by atoms with Crippen LogP contribution in [0.15, 0.2) is 36.7 Å². The van der Waals surface area contributed by atoms with Gasteiger partial charge < -0.3 is 5.73 Å². The highest BCUT2D eigenvalue weighted by atomic mass is 32.2. The highest BCUT2D eigenvalue weighted by Crippen LogP contribution is 1.79. The van der Waals surface area contributed by atoms with Gasteiger partial charge >= 0.3 is 6.03 Å². The first kappa shape index (κ1) is 21.4. The summed E-state index contributed by atoms with van der Waals surface area (Å²) in [5.74, 6) is 0. The van der Waals surface area contributed by atoms with Gasteiger partial charge in [0.25, 0.3) is 20.2 Å². The van der Waals surface area contributed by atoms with E-state index in [9.17, 15) is 21.6 Å². The third-order valence-corrected chi connectivity index (χ3v) is 1.12. The number of H-pyrrole nitrogens is 1. The molecule has 21 heavy (non-hydrogen) atoms. The third-order valence-electron chi connectivity index (χ3n) is 1.12. The zero-order valence-corrected chi connectivity index (χ0v) is 12.9. The minimum atomic E-state index is -3.67. The molecule has 5 N–H and O–H groups in total. The van der Waals surface area contributed by atoms with Crippen molar-refractivity contribution in [3.8, 4) is 0 Å². The van der Waals surface area contributed by atoms with Crippen molar-refractivity contribution in [3.63, 3.8) is 0 Å². The number of aromatic nitrogens is 2.